The van der Waals surface area contributed by atoms with Crippen molar-refractivity contribution in [3.05, 3.63) is 0 Å². The van der Waals surface area contributed by atoms with E-state index in [0.29, 0.717) is 6.54 Å². The number of nitrogens with two attached hydrogens (primary N) is 1. The minimum absolute atomic E-state index is 0.0342. The Morgan fingerprint density at radius 1 is 1.28 bits per heavy atom. The Hall–Kier alpha value is -0.610. The normalized spacial score (nSPS) is 18.9. The molecule has 0 radical (unpaired) electrons. The van der Waals surface area contributed by atoms with Gasteiger partial charge in [0.1, 0.15) is 0 Å². The standard InChI is InChI=1S/C14H28N2O2/c1-12(2)18-11-7-6-10-16-13(17)14(15)8-4-3-5-9-14/h12H,3-11,15H2,1-2H3,(H,16,17). The number of unbranched alkanes of at least 4 members (excludes halogenated alkanes) is 1. The first-order valence-electron chi connectivity index (χ1n) is 7.23. The molecule has 4 nitrogen and oxygen atoms in total. The number of rotatable bonds is 7. The highest BCUT2D eigenvalue weighted by molar-refractivity contribution is 5.86. The number of carbonyl (C=O) groups is 1. The second kappa shape index (κ2) is 7.74. The summed E-state index contributed by atoms with van der Waals surface area (Å²) in [5, 5.41) is 2.96. The Bertz CT molecular complexity index is 248. The van der Waals surface area contributed by atoms with Crippen molar-refractivity contribution in [3.63, 3.8) is 0 Å². The third kappa shape index (κ3) is 5.36. The van der Waals surface area contributed by atoms with Gasteiger partial charge in [0.05, 0.1) is 11.6 Å². The predicted octanol–water partition coefficient (Wildman–Crippen LogP) is 1.97. The Kier molecular flexibility index (Phi) is 6.65. The summed E-state index contributed by atoms with van der Waals surface area (Å²) in [6.45, 7) is 5.53. The molecule has 3 N–H and O–H groups in total. The van der Waals surface area contributed by atoms with Crippen LogP contribution in [0.1, 0.15) is 58.8 Å². The monoisotopic (exact) mass is 256 g/mol. The lowest BCUT2D eigenvalue weighted by atomic mass is 9.82. The summed E-state index contributed by atoms with van der Waals surface area (Å²) in [5.74, 6) is 0.0342. The summed E-state index contributed by atoms with van der Waals surface area (Å²) in [6.07, 6.45) is 7.24. The number of carbonyl (C=O) groups excluding carboxylic acids is 1. The summed E-state index contributed by atoms with van der Waals surface area (Å²) in [7, 11) is 0. The van der Waals surface area contributed by atoms with E-state index in [1.807, 2.05) is 13.8 Å². The van der Waals surface area contributed by atoms with E-state index in [9.17, 15) is 4.79 Å². The van der Waals surface area contributed by atoms with Crippen LogP contribution in [0.5, 0.6) is 0 Å². The van der Waals surface area contributed by atoms with Crippen LogP contribution in [0.15, 0.2) is 0 Å². The Balaban J connectivity index is 2.09. The van der Waals surface area contributed by atoms with Crippen LogP contribution >= 0.6 is 0 Å². The number of nitrogens with one attached hydrogen (secondary N) is 1. The zero-order valence-corrected chi connectivity index (χ0v) is 11.8. The second-order valence-corrected chi connectivity index (χ2v) is 5.60. The molecule has 0 aromatic rings. The van der Waals surface area contributed by atoms with Crippen LogP contribution in [0, 0.1) is 0 Å². The smallest absolute Gasteiger partial charge is 0.240 e. The van der Waals surface area contributed by atoms with Crippen LogP contribution in [0.25, 0.3) is 0 Å². The Morgan fingerprint density at radius 3 is 2.56 bits per heavy atom. The van der Waals surface area contributed by atoms with Crippen LogP contribution in [0.3, 0.4) is 0 Å². The number of hydrogen-bond acceptors (Lipinski definition) is 3. The van der Waals surface area contributed by atoms with Crippen LogP contribution in [0.2, 0.25) is 0 Å². The van der Waals surface area contributed by atoms with Crippen molar-refractivity contribution in [1.82, 2.24) is 5.32 Å². The third-order valence-corrected chi connectivity index (χ3v) is 3.51. The maximum atomic E-state index is 12.0. The maximum Gasteiger partial charge on any atom is 0.240 e. The van der Waals surface area contributed by atoms with Gasteiger partial charge in [-0.05, 0) is 39.5 Å². The van der Waals surface area contributed by atoms with Gasteiger partial charge in [-0.15, -0.1) is 0 Å². The Labute approximate surface area is 111 Å². The van der Waals surface area contributed by atoms with Crippen molar-refractivity contribution >= 4 is 5.91 Å². The van der Waals surface area contributed by atoms with Gasteiger partial charge in [0.2, 0.25) is 5.91 Å². The van der Waals surface area contributed by atoms with E-state index in [1.165, 1.54) is 6.42 Å². The van der Waals surface area contributed by atoms with Crippen molar-refractivity contribution in [1.29, 1.82) is 0 Å². The van der Waals surface area contributed by atoms with E-state index in [0.717, 1.165) is 45.1 Å². The molecule has 0 heterocycles. The molecule has 0 aromatic heterocycles. The number of hydrogen-bond donors (Lipinski definition) is 2. The summed E-state index contributed by atoms with van der Waals surface area (Å²) < 4.78 is 5.45. The molecule has 0 atom stereocenters. The first-order valence-corrected chi connectivity index (χ1v) is 7.23. The first-order chi connectivity index (χ1) is 8.54. The third-order valence-electron chi connectivity index (χ3n) is 3.51. The summed E-state index contributed by atoms with van der Waals surface area (Å²) >= 11 is 0. The molecule has 1 fully saturated rings. The van der Waals surface area contributed by atoms with Crippen LogP contribution in [-0.2, 0) is 9.53 Å². The number of amides is 1. The fraction of sp³-hybridized carbons (Fsp3) is 0.929. The molecular formula is C14H28N2O2. The maximum absolute atomic E-state index is 12.0. The molecule has 0 bridgehead atoms. The van der Waals surface area contributed by atoms with Gasteiger partial charge in [0.15, 0.2) is 0 Å². The summed E-state index contributed by atoms with van der Waals surface area (Å²) in [4.78, 5) is 12.0. The van der Waals surface area contributed by atoms with E-state index in [-0.39, 0.29) is 12.0 Å². The van der Waals surface area contributed by atoms with E-state index >= 15 is 0 Å². The molecule has 0 aliphatic heterocycles. The molecule has 0 aromatic carbocycles. The minimum atomic E-state index is -0.604. The lowest BCUT2D eigenvalue weighted by Gasteiger charge is -2.31. The quantitative estimate of drug-likeness (QED) is 0.684. The molecule has 0 spiro atoms. The van der Waals surface area contributed by atoms with Crippen molar-refractivity contribution < 1.29 is 9.53 Å². The molecule has 106 valence electrons. The molecule has 1 aliphatic rings. The van der Waals surface area contributed by atoms with Gasteiger partial charge in [-0.1, -0.05) is 19.3 Å². The van der Waals surface area contributed by atoms with E-state index in [4.69, 9.17) is 10.5 Å². The SMILES string of the molecule is CC(C)OCCCCNC(=O)C1(N)CCCCC1. The van der Waals surface area contributed by atoms with Crippen molar-refractivity contribution in [2.75, 3.05) is 13.2 Å². The van der Waals surface area contributed by atoms with Gasteiger partial charge in [0.25, 0.3) is 0 Å². The van der Waals surface area contributed by atoms with Crippen LogP contribution < -0.4 is 11.1 Å². The summed E-state index contributed by atoms with van der Waals surface area (Å²) in [6, 6.07) is 0. The van der Waals surface area contributed by atoms with Gasteiger partial charge in [0, 0.05) is 13.2 Å². The molecule has 0 unspecified atom stereocenters. The van der Waals surface area contributed by atoms with Crippen LogP contribution in [-0.4, -0.2) is 30.7 Å². The predicted molar refractivity (Wildman–Crippen MR) is 73.3 cm³/mol. The fourth-order valence-corrected chi connectivity index (χ4v) is 2.33. The zero-order valence-electron chi connectivity index (χ0n) is 11.8. The minimum Gasteiger partial charge on any atom is -0.379 e. The molecule has 1 aliphatic carbocycles. The van der Waals surface area contributed by atoms with E-state index < -0.39 is 5.54 Å². The fourth-order valence-electron chi connectivity index (χ4n) is 2.33. The first kappa shape index (κ1) is 15.4. The molecule has 0 saturated heterocycles. The van der Waals surface area contributed by atoms with Gasteiger partial charge in [-0.2, -0.15) is 0 Å². The van der Waals surface area contributed by atoms with Gasteiger partial charge < -0.3 is 15.8 Å². The van der Waals surface area contributed by atoms with Gasteiger partial charge >= 0.3 is 0 Å². The van der Waals surface area contributed by atoms with Crippen LogP contribution in [0.4, 0.5) is 0 Å². The van der Waals surface area contributed by atoms with Crippen molar-refractivity contribution in [3.8, 4) is 0 Å². The molecule has 1 rings (SSSR count). The van der Waals surface area contributed by atoms with Gasteiger partial charge in [-0.25, -0.2) is 0 Å². The lowest BCUT2D eigenvalue weighted by molar-refractivity contribution is -0.127. The number of ether oxygens (including phenoxy) is 1. The molecule has 18 heavy (non-hydrogen) atoms. The van der Waals surface area contributed by atoms with Crippen molar-refractivity contribution in [2.45, 2.75) is 70.4 Å². The zero-order chi connectivity index (χ0) is 13.4. The topological polar surface area (TPSA) is 64.3 Å². The summed E-state index contributed by atoms with van der Waals surface area (Å²) in [5.41, 5.74) is 5.54. The van der Waals surface area contributed by atoms with E-state index in [1.54, 1.807) is 0 Å². The molecule has 1 saturated carbocycles. The molecule has 4 heteroatoms. The highest BCUT2D eigenvalue weighted by Crippen LogP contribution is 2.25. The van der Waals surface area contributed by atoms with Gasteiger partial charge in [-0.3, -0.25) is 4.79 Å². The molecule has 1 amide bonds. The average Bonchev–Trinajstić information content (AvgIpc) is 2.34. The highest BCUT2D eigenvalue weighted by atomic mass is 16.5. The van der Waals surface area contributed by atoms with Crippen molar-refractivity contribution in [2.24, 2.45) is 5.73 Å². The largest absolute Gasteiger partial charge is 0.379 e. The van der Waals surface area contributed by atoms with E-state index in [2.05, 4.69) is 5.32 Å². The highest BCUT2D eigenvalue weighted by Gasteiger charge is 2.34. The second-order valence-electron chi connectivity index (χ2n) is 5.60. The molecular weight excluding hydrogens is 228 g/mol. The Morgan fingerprint density at radius 2 is 1.94 bits per heavy atom. The lowest BCUT2D eigenvalue weighted by Crippen LogP contribution is -2.55. The average molecular weight is 256 g/mol.